The van der Waals surface area contributed by atoms with E-state index in [-0.39, 0.29) is 0 Å². The summed E-state index contributed by atoms with van der Waals surface area (Å²) in [5.41, 5.74) is 0.878. The highest BCUT2D eigenvalue weighted by Gasteiger charge is 2.12. The van der Waals surface area contributed by atoms with Crippen LogP contribution in [0, 0.1) is 6.92 Å². The number of carboxylic acids is 1. The van der Waals surface area contributed by atoms with E-state index < -0.39 is 16.8 Å². The maximum atomic E-state index is 11.7. The Morgan fingerprint density at radius 2 is 2.29 bits per heavy atom. The molecule has 1 rings (SSSR count). The second-order valence-electron chi connectivity index (χ2n) is 3.63. The number of thiophene rings is 1. The smallest absolute Gasteiger partial charge is 0.345 e. The molecule has 0 fully saturated rings. The van der Waals surface area contributed by atoms with E-state index in [1.807, 2.05) is 6.92 Å². The van der Waals surface area contributed by atoms with E-state index in [9.17, 15) is 9.00 Å². The van der Waals surface area contributed by atoms with E-state index >= 15 is 0 Å². The van der Waals surface area contributed by atoms with Crippen molar-refractivity contribution < 1.29 is 18.8 Å². The fourth-order valence-corrected chi connectivity index (χ4v) is 3.58. The molecular formula is C11H16O4S2. The molecule has 0 aliphatic heterocycles. The van der Waals surface area contributed by atoms with Crippen molar-refractivity contribution in [1.82, 2.24) is 0 Å². The first-order chi connectivity index (χ1) is 8.04. The largest absolute Gasteiger partial charge is 0.477 e. The van der Waals surface area contributed by atoms with Crippen LogP contribution in [0.5, 0.6) is 0 Å². The van der Waals surface area contributed by atoms with Gasteiger partial charge in [0.2, 0.25) is 0 Å². The van der Waals surface area contributed by atoms with Crippen molar-refractivity contribution in [3.8, 4) is 0 Å². The zero-order valence-corrected chi connectivity index (χ0v) is 11.5. The van der Waals surface area contributed by atoms with Gasteiger partial charge in [-0.25, -0.2) is 4.79 Å². The summed E-state index contributed by atoms with van der Waals surface area (Å²) in [5, 5.41) is 8.85. The van der Waals surface area contributed by atoms with Gasteiger partial charge < -0.3 is 9.84 Å². The Kier molecular flexibility index (Phi) is 5.80. The molecular weight excluding hydrogens is 260 g/mol. The Morgan fingerprint density at radius 3 is 2.82 bits per heavy atom. The highest BCUT2D eigenvalue weighted by atomic mass is 32.2. The van der Waals surface area contributed by atoms with Crippen LogP contribution in [0.2, 0.25) is 0 Å². The number of carbonyl (C=O) groups is 1. The number of rotatable bonds is 7. The lowest BCUT2D eigenvalue weighted by Gasteiger charge is -2.01. The van der Waals surface area contributed by atoms with Crippen molar-refractivity contribution in [2.24, 2.45) is 0 Å². The molecule has 1 N–H and O–H groups in total. The average molecular weight is 276 g/mol. The van der Waals surface area contributed by atoms with Crippen molar-refractivity contribution in [2.45, 2.75) is 19.1 Å². The van der Waals surface area contributed by atoms with Gasteiger partial charge in [-0.2, -0.15) is 0 Å². The van der Waals surface area contributed by atoms with E-state index in [1.165, 1.54) is 11.3 Å². The molecule has 6 heteroatoms. The Balaban J connectivity index is 2.56. The van der Waals surface area contributed by atoms with E-state index in [4.69, 9.17) is 9.84 Å². The highest BCUT2D eigenvalue weighted by Crippen LogP contribution is 2.22. The molecule has 96 valence electrons. The minimum atomic E-state index is -0.949. The minimum absolute atomic E-state index is 0.311. The summed E-state index contributed by atoms with van der Waals surface area (Å²) in [4.78, 5) is 12.0. The lowest BCUT2D eigenvalue weighted by molar-refractivity contribution is 0.0702. The monoisotopic (exact) mass is 276 g/mol. The molecule has 0 aliphatic carbocycles. The van der Waals surface area contributed by atoms with E-state index in [0.29, 0.717) is 23.0 Å². The molecule has 1 aromatic rings. The van der Waals surface area contributed by atoms with Gasteiger partial charge >= 0.3 is 5.97 Å². The number of ether oxygens (including phenoxy) is 1. The number of hydrogen-bond donors (Lipinski definition) is 1. The summed E-state index contributed by atoms with van der Waals surface area (Å²) < 4.78 is 16.6. The lowest BCUT2D eigenvalue weighted by atomic mass is 10.3. The van der Waals surface area contributed by atoms with E-state index in [1.54, 1.807) is 13.2 Å². The summed E-state index contributed by atoms with van der Waals surface area (Å²) in [5.74, 6) is 0.0970. The number of methoxy groups -OCH3 is 1. The summed E-state index contributed by atoms with van der Waals surface area (Å²) in [6.07, 6.45) is 0.762. The number of aromatic carboxylic acids is 1. The molecule has 1 aromatic heterocycles. The quantitative estimate of drug-likeness (QED) is 0.774. The first-order valence-electron chi connectivity index (χ1n) is 5.21. The van der Waals surface area contributed by atoms with E-state index in [0.717, 1.165) is 16.9 Å². The van der Waals surface area contributed by atoms with Gasteiger partial charge in [-0.05, 0) is 25.0 Å². The maximum absolute atomic E-state index is 11.7. The average Bonchev–Trinajstić information content (AvgIpc) is 2.61. The molecule has 1 atom stereocenters. The van der Waals surface area contributed by atoms with Crippen molar-refractivity contribution in [3.05, 3.63) is 21.4 Å². The van der Waals surface area contributed by atoms with Crippen LogP contribution in [0.4, 0.5) is 0 Å². The van der Waals surface area contributed by atoms with Crippen molar-refractivity contribution >= 4 is 28.1 Å². The van der Waals surface area contributed by atoms with Gasteiger partial charge in [0, 0.05) is 40.9 Å². The summed E-state index contributed by atoms with van der Waals surface area (Å²) in [6, 6.07) is 1.62. The van der Waals surface area contributed by atoms with Crippen LogP contribution in [-0.4, -0.2) is 34.8 Å². The third kappa shape index (κ3) is 4.57. The van der Waals surface area contributed by atoms with Gasteiger partial charge in [0.05, 0.1) is 0 Å². The van der Waals surface area contributed by atoms with Gasteiger partial charge in [-0.1, -0.05) is 0 Å². The third-order valence-corrected chi connectivity index (χ3v) is 4.73. The van der Waals surface area contributed by atoms with Crippen molar-refractivity contribution in [2.75, 3.05) is 19.5 Å². The molecule has 4 nitrogen and oxygen atoms in total. The zero-order valence-electron chi connectivity index (χ0n) is 9.89. The van der Waals surface area contributed by atoms with Crippen LogP contribution >= 0.6 is 11.3 Å². The molecule has 1 unspecified atom stereocenters. The predicted octanol–water partition coefficient (Wildman–Crippen LogP) is 2.04. The summed E-state index contributed by atoms with van der Waals surface area (Å²) in [6.45, 7) is 2.47. The highest BCUT2D eigenvalue weighted by molar-refractivity contribution is 7.84. The third-order valence-electron chi connectivity index (χ3n) is 2.27. The lowest BCUT2D eigenvalue weighted by Crippen LogP contribution is -2.04. The Labute approximate surface area is 107 Å². The Morgan fingerprint density at radius 1 is 1.59 bits per heavy atom. The van der Waals surface area contributed by atoms with Crippen LogP contribution in [0.1, 0.15) is 26.5 Å². The van der Waals surface area contributed by atoms with Crippen LogP contribution in [0.15, 0.2) is 6.07 Å². The zero-order chi connectivity index (χ0) is 12.8. The van der Waals surface area contributed by atoms with Crippen LogP contribution < -0.4 is 0 Å². The number of aryl methyl sites for hydroxylation is 1. The van der Waals surface area contributed by atoms with Crippen LogP contribution in [0.3, 0.4) is 0 Å². The Bertz CT molecular complexity index is 412. The molecule has 0 bridgehead atoms. The second kappa shape index (κ2) is 6.88. The number of hydrogen-bond acceptors (Lipinski definition) is 4. The maximum Gasteiger partial charge on any atom is 0.345 e. The van der Waals surface area contributed by atoms with Gasteiger partial charge in [0.15, 0.2) is 0 Å². The molecule has 0 saturated heterocycles. The summed E-state index contributed by atoms with van der Waals surface area (Å²) in [7, 11) is 0.667. The van der Waals surface area contributed by atoms with Crippen molar-refractivity contribution in [3.63, 3.8) is 0 Å². The first-order valence-corrected chi connectivity index (χ1v) is 7.51. The molecule has 0 saturated carbocycles. The normalized spacial score (nSPS) is 12.6. The SMILES string of the molecule is COCCCS(=O)Cc1cc(C(=O)O)sc1C. The van der Waals surface area contributed by atoms with Gasteiger partial charge in [0.1, 0.15) is 4.88 Å². The fraction of sp³-hybridized carbons (Fsp3) is 0.545. The molecule has 0 spiro atoms. The molecule has 1 heterocycles. The molecule has 17 heavy (non-hydrogen) atoms. The van der Waals surface area contributed by atoms with Gasteiger partial charge in [-0.3, -0.25) is 4.21 Å². The number of carboxylic acid groups (broad SMARTS) is 1. The minimum Gasteiger partial charge on any atom is -0.477 e. The van der Waals surface area contributed by atoms with E-state index in [2.05, 4.69) is 0 Å². The molecule has 0 aromatic carbocycles. The first kappa shape index (κ1) is 14.3. The van der Waals surface area contributed by atoms with Crippen LogP contribution in [-0.2, 0) is 21.3 Å². The fourth-order valence-electron chi connectivity index (χ4n) is 1.38. The molecule has 0 aliphatic rings. The molecule has 0 radical (unpaired) electrons. The van der Waals surface area contributed by atoms with Gasteiger partial charge in [-0.15, -0.1) is 11.3 Å². The summed E-state index contributed by atoms with van der Waals surface area (Å²) >= 11 is 1.23. The standard InChI is InChI=1S/C11H16O4S2/c1-8-9(6-10(16-8)11(12)13)7-17(14)5-3-4-15-2/h6H,3-5,7H2,1-2H3,(H,12,13). The van der Waals surface area contributed by atoms with Crippen LogP contribution in [0.25, 0.3) is 0 Å². The predicted molar refractivity (Wildman–Crippen MR) is 69.2 cm³/mol. The van der Waals surface area contributed by atoms with Gasteiger partial charge in [0.25, 0.3) is 0 Å². The van der Waals surface area contributed by atoms with Crippen molar-refractivity contribution in [1.29, 1.82) is 0 Å². The second-order valence-corrected chi connectivity index (χ2v) is 6.46. The molecule has 0 amide bonds. The Hall–Kier alpha value is -0.720. The topological polar surface area (TPSA) is 63.6 Å².